The number of allylic oxidation sites excluding steroid dienone is 1. The fourth-order valence-corrected chi connectivity index (χ4v) is 2.05. The molecule has 0 N–H and O–H groups in total. The van der Waals surface area contributed by atoms with E-state index in [1.165, 1.54) is 18.2 Å². The molecule has 2 aromatic carbocycles. The van der Waals surface area contributed by atoms with Gasteiger partial charge in [0, 0.05) is 23.6 Å². The average molecular weight is 292 g/mol. The van der Waals surface area contributed by atoms with Crippen LogP contribution in [0.1, 0.15) is 15.9 Å². The summed E-state index contributed by atoms with van der Waals surface area (Å²) in [6.07, 6.45) is 8.39. The molecule has 108 valence electrons. The topological polar surface area (TPSA) is 34.9 Å². The van der Waals surface area contributed by atoms with Gasteiger partial charge in [0.2, 0.25) is 0 Å². The first-order valence-electron chi connectivity index (χ1n) is 6.79. The first-order valence-corrected chi connectivity index (χ1v) is 6.79. The van der Waals surface area contributed by atoms with E-state index in [2.05, 4.69) is 4.98 Å². The van der Waals surface area contributed by atoms with E-state index in [9.17, 15) is 9.18 Å². The van der Waals surface area contributed by atoms with Crippen LogP contribution in [0, 0.1) is 5.82 Å². The lowest BCUT2D eigenvalue weighted by molar-refractivity contribution is 0.104. The maximum Gasteiger partial charge on any atom is 0.185 e. The van der Waals surface area contributed by atoms with Crippen LogP contribution in [0.2, 0.25) is 0 Å². The van der Waals surface area contributed by atoms with Crippen LogP contribution < -0.4 is 0 Å². The zero-order chi connectivity index (χ0) is 15.4. The SMILES string of the molecule is O=C(/C=C/c1ccc(F)cc1)c1ccc(-n2ccnc2)cc1. The predicted molar refractivity (Wildman–Crippen MR) is 83.3 cm³/mol. The quantitative estimate of drug-likeness (QED) is 0.540. The summed E-state index contributed by atoms with van der Waals surface area (Å²) in [5.74, 6) is -0.389. The van der Waals surface area contributed by atoms with Crippen molar-refractivity contribution in [2.45, 2.75) is 0 Å². The van der Waals surface area contributed by atoms with Crippen LogP contribution in [0.4, 0.5) is 4.39 Å². The first kappa shape index (κ1) is 13.9. The van der Waals surface area contributed by atoms with Crippen LogP contribution in [0.15, 0.2) is 73.3 Å². The summed E-state index contributed by atoms with van der Waals surface area (Å²) in [7, 11) is 0. The Kier molecular flexibility index (Phi) is 3.92. The Morgan fingerprint density at radius 1 is 1.05 bits per heavy atom. The molecule has 0 saturated carbocycles. The fourth-order valence-electron chi connectivity index (χ4n) is 2.05. The van der Waals surface area contributed by atoms with Crippen molar-refractivity contribution in [1.29, 1.82) is 0 Å². The van der Waals surface area contributed by atoms with Crippen molar-refractivity contribution < 1.29 is 9.18 Å². The number of halogens is 1. The highest BCUT2D eigenvalue weighted by atomic mass is 19.1. The fraction of sp³-hybridized carbons (Fsp3) is 0. The van der Waals surface area contributed by atoms with E-state index in [0.717, 1.165) is 11.3 Å². The van der Waals surface area contributed by atoms with Gasteiger partial charge in [-0.3, -0.25) is 4.79 Å². The molecule has 0 fully saturated rings. The second kappa shape index (κ2) is 6.18. The molecule has 3 nitrogen and oxygen atoms in total. The molecule has 0 atom stereocenters. The summed E-state index contributed by atoms with van der Waals surface area (Å²) in [6, 6.07) is 13.2. The lowest BCUT2D eigenvalue weighted by Gasteiger charge is -2.02. The molecule has 4 heteroatoms. The van der Waals surface area contributed by atoms with Gasteiger partial charge in [-0.1, -0.05) is 18.2 Å². The number of rotatable bonds is 4. The molecule has 0 radical (unpaired) electrons. The van der Waals surface area contributed by atoms with E-state index < -0.39 is 0 Å². The highest BCUT2D eigenvalue weighted by Crippen LogP contribution is 2.11. The molecule has 3 aromatic rings. The Morgan fingerprint density at radius 3 is 2.41 bits per heavy atom. The summed E-state index contributed by atoms with van der Waals surface area (Å²) in [5, 5.41) is 0. The van der Waals surface area contributed by atoms with Crippen LogP contribution in [0.25, 0.3) is 11.8 Å². The third-order valence-corrected chi connectivity index (χ3v) is 3.25. The van der Waals surface area contributed by atoms with E-state index in [1.54, 1.807) is 42.9 Å². The van der Waals surface area contributed by atoms with Gasteiger partial charge in [-0.25, -0.2) is 9.37 Å². The number of aromatic nitrogens is 2. The van der Waals surface area contributed by atoms with Gasteiger partial charge in [0.25, 0.3) is 0 Å². The molecule has 0 spiro atoms. The number of benzene rings is 2. The third-order valence-electron chi connectivity index (χ3n) is 3.25. The van der Waals surface area contributed by atoms with Gasteiger partial charge in [-0.15, -0.1) is 0 Å². The largest absolute Gasteiger partial charge is 0.306 e. The minimum atomic E-state index is -0.293. The summed E-state index contributed by atoms with van der Waals surface area (Å²) < 4.78 is 14.7. The van der Waals surface area contributed by atoms with Crippen molar-refractivity contribution >= 4 is 11.9 Å². The number of ketones is 1. The lowest BCUT2D eigenvalue weighted by atomic mass is 10.1. The van der Waals surface area contributed by atoms with Gasteiger partial charge in [0.05, 0.1) is 6.33 Å². The summed E-state index contributed by atoms with van der Waals surface area (Å²) in [6.45, 7) is 0. The van der Waals surface area contributed by atoms with Crippen LogP contribution in [-0.4, -0.2) is 15.3 Å². The van der Waals surface area contributed by atoms with Crippen LogP contribution >= 0.6 is 0 Å². The number of carbonyl (C=O) groups is 1. The molecule has 1 heterocycles. The molecule has 3 rings (SSSR count). The van der Waals surface area contributed by atoms with Gasteiger partial charge in [0.15, 0.2) is 5.78 Å². The Morgan fingerprint density at radius 2 is 1.77 bits per heavy atom. The van der Waals surface area contributed by atoms with Crippen molar-refractivity contribution in [3.63, 3.8) is 0 Å². The van der Waals surface area contributed by atoms with Crippen molar-refractivity contribution in [3.05, 3.63) is 90.3 Å². The molecule has 0 bridgehead atoms. The maximum absolute atomic E-state index is 12.8. The number of hydrogen-bond donors (Lipinski definition) is 0. The number of hydrogen-bond acceptors (Lipinski definition) is 2. The molecular formula is C18H13FN2O. The molecule has 1 aromatic heterocycles. The van der Waals surface area contributed by atoms with E-state index in [4.69, 9.17) is 0 Å². The van der Waals surface area contributed by atoms with Crippen LogP contribution in [-0.2, 0) is 0 Å². The molecule has 0 aliphatic heterocycles. The lowest BCUT2D eigenvalue weighted by Crippen LogP contribution is -1.96. The maximum atomic E-state index is 12.8. The van der Waals surface area contributed by atoms with Gasteiger partial charge < -0.3 is 4.57 Å². The zero-order valence-corrected chi connectivity index (χ0v) is 11.7. The number of carbonyl (C=O) groups excluding carboxylic acids is 1. The molecule has 0 aliphatic carbocycles. The molecule has 22 heavy (non-hydrogen) atoms. The minimum Gasteiger partial charge on any atom is -0.306 e. The van der Waals surface area contributed by atoms with Crippen molar-refractivity contribution in [1.82, 2.24) is 9.55 Å². The van der Waals surface area contributed by atoms with Crippen LogP contribution in [0.3, 0.4) is 0 Å². The van der Waals surface area contributed by atoms with Gasteiger partial charge in [-0.05, 0) is 48.0 Å². The zero-order valence-electron chi connectivity index (χ0n) is 11.7. The van der Waals surface area contributed by atoms with E-state index in [1.807, 2.05) is 22.9 Å². The van der Waals surface area contributed by atoms with E-state index in [-0.39, 0.29) is 11.6 Å². The summed E-state index contributed by atoms with van der Waals surface area (Å²) in [4.78, 5) is 16.1. The number of imidazole rings is 1. The second-order valence-electron chi connectivity index (χ2n) is 4.77. The van der Waals surface area contributed by atoms with Gasteiger partial charge in [0.1, 0.15) is 5.82 Å². The monoisotopic (exact) mass is 292 g/mol. The predicted octanol–water partition coefficient (Wildman–Crippen LogP) is 3.91. The Labute approximate surface area is 127 Å². The van der Waals surface area contributed by atoms with Crippen molar-refractivity contribution in [2.75, 3.05) is 0 Å². The smallest absolute Gasteiger partial charge is 0.185 e. The molecule has 0 unspecified atom stereocenters. The molecule has 0 saturated heterocycles. The van der Waals surface area contributed by atoms with Gasteiger partial charge >= 0.3 is 0 Å². The van der Waals surface area contributed by atoms with Crippen LogP contribution in [0.5, 0.6) is 0 Å². The molecule has 0 aliphatic rings. The Hall–Kier alpha value is -3.01. The van der Waals surface area contributed by atoms with Crippen molar-refractivity contribution in [3.8, 4) is 5.69 Å². The standard InChI is InChI=1S/C18H13FN2O/c19-16-6-1-14(2-7-16)3-10-18(22)15-4-8-17(9-5-15)21-12-11-20-13-21/h1-13H/b10-3+. The normalized spacial score (nSPS) is 11.0. The average Bonchev–Trinajstić information content (AvgIpc) is 3.09. The second-order valence-corrected chi connectivity index (χ2v) is 4.77. The summed E-state index contributed by atoms with van der Waals surface area (Å²) in [5.41, 5.74) is 2.32. The Bertz CT molecular complexity index is 788. The number of nitrogens with zero attached hydrogens (tertiary/aromatic N) is 2. The van der Waals surface area contributed by atoms with Gasteiger partial charge in [-0.2, -0.15) is 0 Å². The third kappa shape index (κ3) is 3.17. The van der Waals surface area contributed by atoms with Crippen molar-refractivity contribution in [2.24, 2.45) is 0 Å². The minimum absolute atomic E-state index is 0.0958. The Balaban J connectivity index is 1.73. The molecule has 0 amide bonds. The van der Waals surface area contributed by atoms with E-state index in [0.29, 0.717) is 5.56 Å². The first-order chi connectivity index (χ1) is 10.7. The highest BCUT2D eigenvalue weighted by molar-refractivity contribution is 6.06. The highest BCUT2D eigenvalue weighted by Gasteiger charge is 2.02. The van der Waals surface area contributed by atoms with E-state index >= 15 is 0 Å². The summed E-state index contributed by atoms with van der Waals surface area (Å²) >= 11 is 0. The molecular weight excluding hydrogens is 279 g/mol.